The van der Waals surface area contributed by atoms with Crippen molar-refractivity contribution in [1.29, 1.82) is 0 Å². The van der Waals surface area contributed by atoms with E-state index in [2.05, 4.69) is 10.6 Å². The summed E-state index contributed by atoms with van der Waals surface area (Å²) in [4.78, 5) is 22.0. The number of carbonyl (C=O) groups is 2. The first-order valence-corrected chi connectivity index (χ1v) is 5.50. The fraction of sp³-hybridized carbons (Fsp3) is 0.800. The maximum absolute atomic E-state index is 11.3. The van der Waals surface area contributed by atoms with Gasteiger partial charge in [0.05, 0.1) is 0 Å². The lowest BCUT2D eigenvalue weighted by molar-refractivity contribution is -0.142. The summed E-state index contributed by atoms with van der Waals surface area (Å²) in [6.45, 7) is 0.319. The number of carboxylic acid groups (broad SMARTS) is 1. The number of hydrogen-bond donors (Lipinski definition) is 4. The molecule has 0 aliphatic heterocycles. The van der Waals surface area contributed by atoms with Gasteiger partial charge < -0.3 is 20.8 Å². The molecule has 1 aliphatic carbocycles. The first kappa shape index (κ1) is 12.9. The fourth-order valence-electron chi connectivity index (χ4n) is 1.33. The van der Waals surface area contributed by atoms with Crippen molar-refractivity contribution in [3.8, 4) is 0 Å². The van der Waals surface area contributed by atoms with Gasteiger partial charge in [0.15, 0.2) is 0 Å². The van der Waals surface area contributed by atoms with Crippen LogP contribution >= 0.6 is 0 Å². The van der Waals surface area contributed by atoms with E-state index in [4.69, 9.17) is 10.2 Å². The lowest BCUT2D eigenvalue weighted by atomic mass is 10.2. The number of aliphatic hydroxyl groups excluding tert-OH is 1. The Bertz CT molecular complexity index is 253. The number of hydrogen-bond acceptors (Lipinski definition) is 4. The Hall–Kier alpha value is -1.14. The molecule has 0 aromatic heterocycles. The molecule has 6 heteroatoms. The van der Waals surface area contributed by atoms with Gasteiger partial charge >= 0.3 is 5.97 Å². The van der Waals surface area contributed by atoms with Gasteiger partial charge in [-0.2, -0.15) is 0 Å². The van der Waals surface area contributed by atoms with Crippen LogP contribution in [-0.4, -0.2) is 47.3 Å². The number of carboxylic acids is 1. The van der Waals surface area contributed by atoms with Crippen molar-refractivity contribution in [2.45, 2.75) is 37.8 Å². The standard InChI is InChI=1S/C10H18N2O4/c13-6-4-8(10(15)16)12-9(14)3-5-11-7-1-2-7/h7-8,11,13H,1-6H2,(H,12,14)(H,15,16)/t8-/m1/s1. The van der Waals surface area contributed by atoms with Crippen LogP contribution in [0.3, 0.4) is 0 Å². The van der Waals surface area contributed by atoms with Crippen molar-refractivity contribution < 1.29 is 19.8 Å². The average Bonchev–Trinajstić information content (AvgIpc) is 3.01. The molecule has 1 rings (SSSR count). The van der Waals surface area contributed by atoms with E-state index in [1.807, 2.05) is 0 Å². The number of aliphatic carboxylic acids is 1. The SMILES string of the molecule is O=C(CCNC1CC1)N[C@H](CCO)C(=O)O. The summed E-state index contributed by atoms with van der Waals surface area (Å²) in [6, 6.07) is -0.445. The third-order valence-corrected chi connectivity index (χ3v) is 2.41. The maximum atomic E-state index is 11.3. The van der Waals surface area contributed by atoms with E-state index in [0.717, 1.165) is 12.8 Å². The molecule has 1 atom stereocenters. The molecule has 0 heterocycles. The Balaban J connectivity index is 2.15. The molecule has 4 N–H and O–H groups in total. The van der Waals surface area contributed by atoms with Gasteiger partial charge in [-0.15, -0.1) is 0 Å². The van der Waals surface area contributed by atoms with Crippen molar-refractivity contribution in [2.75, 3.05) is 13.2 Å². The van der Waals surface area contributed by atoms with E-state index >= 15 is 0 Å². The number of carbonyl (C=O) groups excluding carboxylic acids is 1. The molecule has 0 unspecified atom stereocenters. The summed E-state index contributed by atoms with van der Waals surface area (Å²) in [5.41, 5.74) is 0. The highest BCUT2D eigenvalue weighted by atomic mass is 16.4. The van der Waals surface area contributed by atoms with Gasteiger partial charge in [0, 0.05) is 32.0 Å². The predicted molar refractivity (Wildman–Crippen MR) is 56.9 cm³/mol. The number of nitrogens with one attached hydrogen (secondary N) is 2. The topological polar surface area (TPSA) is 98.7 Å². The minimum Gasteiger partial charge on any atom is -0.480 e. The largest absolute Gasteiger partial charge is 0.480 e. The first-order valence-electron chi connectivity index (χ1n) is 5.50. The van der Waals surface area contributed by atoms with Gasteiger partial charge in [-0.05, 0) is 12.8 Å². The van der Waals surface area contributed by atoms with Crippen molar-refractivity contribution in [3.05, 3.63) is 0 Å². The third kappa shape index (κ3) is 5.09. The zero-order chi connectivity index (χ0) is 12.0. The average molecular weight is 230 g/mol. The second-order valence-electron chi connectivity index (χ2n) is 3.95. The minimum absolute atomic E-state index is 0.0388. The third-order valence-electron chi connectivity index (χ3n) is 2.41. The lowest BCUT2D eigenvalue weighted by Gasteiger charge is -2.13. The molecule has 92 valence electrons. The summed E-state index contributed by atoms with van der Waals surface area (Å²) < 4.78 is 0. The minimum atomic E-state index is -1.11. The second kappa shape index (κ2) is 6.44. The monoisotopic (exact) mass is 230 g/mol. The molecule has 1 aliphatic rings. The Morgan fingerprint density at radius 1 is 1.38 bits per heavy atom. The van der Waals surface area contributed by atoms with E-state index in [-0.39, 0.29) is 25.4 Å². The summed E-state index contributed by atoms with van der Waals surface area (Å²) >= 11 is 0. The van der Waals surface area contributed by atoms with Crippen molar-refractivity contribution in [1.82, 2.24) is 10.6 Å². The smallest absolute Gasteiger partial charge is 0.326 e. The molecule has 16 heavy (non-hydrogen) atoms. The Morgan fingerprint density at radius 2 is 2.06 bits per heavy atom. The van der Waals surface area contributed by atoms with E-state index in [9.17, 15) is 9.59 Å². The predicted octanol–water partition coefficient (Wildman–Crippen LogP) is -0.920. The van der Waals surface area contributed by atoms with Crippen molar-refractivity contribution in [2.24, 2.45) is 0 Å². The molecule has 0 bridgehead atoms. The molecule has 0 radical (unpaired) electrons. The molecule has 1 fully saturated rings. The lowest BCUT2D eigenvalue weighted by Crippen LogP contribution is -2.42. The highest BCUT2D eigenvalue weighted by Crippen LogP contribution is 2.18. The van der Waals surface area contributed by atoms with Gasteiger partial charge in [-0.1, -0.05) is 0 Å². The molecular formula is C10H18N2O4. The maximum Gasteiger partial charge on any atom is 0.326 e. The molecule has 6 nitrogen and oxygen atoms in total. The summed E-state index contributed by atoms with van der Waals surface area (Å²) in [5.74, 6) is -1.41. The van der Waals surface area contributed by atoms with Crippen LogP contribution in [0.25, 0.3) is 0 Å². The molecule has 0 aromatic carbocycles. The Morgan fingerprint density at radius 3 is 2.56 bits per heavy atom. The van der Waals surface area contributed by atoms with E-state index in [1.54, 1.807) is 0 Å². The summed E-state index contributed by atoms with van der Waals surface area (Å²) in [6.07, 6.45) is 2.62. The van der Waals surface area contributed by atoms with Gasteiger partial charge in [0.1, 0.15) is 6.04 Å². The van der Waals surface area contributed by atoms with E-state index in [0.29, 0.717) is 12.6 Å². The summed E-state index contributed by atoms with van der Waals surface area (Å²) in [7, 11) is 0. The number of aliphatic hydroxyl groups is 1. The van der Waals surface area contributed by atoms with Crippen molar-refractivity contribution in [3.63, 3.8) is 0 Å². The zero-order valence-corrected chi connectivity index (χ0v) is 9.11. The molecule has 0 saturated heterocycles. The van der Waals surface area contributed by atoms with Crippen LogP contribution < -0.4 is 10.6 Å². The summed E-state index contributed by atoms with van der Waals surface area (Å²) in [5, 5.41) is 22.9. The normalized spacial score (nSPS) is 16.8. The first-order chi connectivity index (χ1) is 7.63. The van der Waals surface area contributed by atoms with E-state index < -0.39 is 12.0 Å². The van der Waals surface area contributed by atoms with Gasteiger partial charge in [-0.25, -0.2) is 4.79 Å². The number of rotatable bonds is 8. The Labute approximate surface area is 94.0 Å². The van der Waals surface area contributed by atoms with Crippen LogP contribution in [0.5, 0.6) is 0 Å². The van der Waals surface area contributed by atoms with Crippen LogP contribution in [0.2, 0.25) is 0 Å². The van der Waals surface area contributed by atoms with Gasteiger partial charge in [0.2, 0.25) is 5.91 Å². The quantitative estimate of drug-likeness (QED) is 0.432. The number of amides is 1. The van der Waals surface area contributed by atoms with Crippen LogP contribution in [-0.2, 0) is 9.59 Å². The molecule has 1 saturated carbocycles. The van der Waals surface area contributed by atoms with Crippen LogP contribution in [0.1, 0.15) is 25.7 Å². The highest BCUT2D eigenvalue weighted by molar-refractivity contribution is 5.83. The zero-order valence-electron chi connectivity index (χ0n) is 9.11. The van der Waals surface area contributed by atoms with E-state index in [1.165, 1.54) is 0 Å². The van der Waals surface area contributed by atoms with Crippen LogP contribution in [0, 0.1) is 0 Å². The molecule has 0 spiro atoms. The Kier molecular flexibility index (Phi) is 5.21. The van der Waals surface area contributed by atoms with Crippen LogP contribution in [0.4, 0.5) is 0 Å². The highest BCUT2D eigenvalue weighted by Gasteiger charge is 2.21. The molecule has 0 aromatic rings. The van der Waals surface area contributed by atoms with Gasteiger partial charge in [0.25, 0.3) is 0 Å². The fourth-order valence-corrected chi connectivity index (χ4v) is 1.33. The van der Waals surface area contributed by atoms with Crippen molar-refractivity contribution >= 4 is 11.9 Å². The van der Waals surface area contributed by atoms with Gasteiger partial charge in [-0.3, -0.25) is 4.79 Å². The second-order valence-corrected chi connectivity index (χ2v) is 3.95. The molecule has 1 amide bonds. The van der Waals surface area contributed by atoms with Crippen LogP contribution in [0.15, 0.2) is 0 Å². The molecular weight excluding hydrogens is 212 g/mol.